The fourth-order valence-corrected chi connectivity index (χ4v) is 1.86. The molecule has 0 atom stereocenters. The van der Waals surface area contributed by atoms with E-state index >= 15 is 0 Å². The van der Waals surface area contributed by atoms with Gasteiger partial charge in [-0.05, 0) is 18.3 Å². The summed E-state index contributed by atoms with van der Waals surface area (Å²) in [4.78, 5) is 24.1. The van der Waals surface area contributed by atoms with Gasteiger partial charge in [-0.2, -0.15) is 0 Å². The Balaban J connectivity index is 2.90. The topological polar surface area (TPSA) is 75.5 Å². The van der Waals surface area contributed by atoms with Crippen molar-refractivity contribution in [1.29, 1.82) is 0 Å². The van der Waals surface area contributed by atoms with Gasteiger partial charge >= 0.3 is 0 Å². The largest absolute Gasteiger partial charge is 0.342 e. The van der Waals surface area contributed by atoms with E-state index in [1.807, 2.05) is 0 Å². The quantitative estimate of drug-likeness (QED) is 0.378. The number of nitrogens with zero attached hydrogens (tertiary/aromatic N) is 2. The first kappa shape index (κ1) is 16.5. The van der Waals surface area contributed by atoms with Gasteiger partial charge in [-0.25, -0.2) is 0 Å². The Morgan fingerprint density at radius 1 is 1.33 bits per heavy atom. The Bertz CT molecular complexity index is 577. The summed E-state index contributed by atoms with van der Waals surface area (Å²) in [6.07, 6.45) is 3.26. The Kier molecular flexibility index (Phi) is 6.22. The molecule has 0 unspecified atom stereocenters. The zero-order valence-corrected chi connectivity index (χ0v) is 12.1. The number of carbonyl (C=O) groups excluding carboxylic acids is 1. The number of rotatable bonds is 6. The van der Waals surface area contributed by atoms with Crippen LogP contribution in [0.15, 0.2) is 49.6 Å². The number of nitro groups is 1. The van der Waals surface area contributed by atoms with Gasteiger partial charge in [0.15, 0.2) is 5.11 Å². The number of nitro benzene ring substituents is 1. The molecule has 0 bridgehead atoms. The third-order valence-electron chi connectivity index (χ3n) is 2.55. The Morgan fingerprint density at radius 3 is 2.43 bits per heavy atom. The molecule has 21 heavy (non-hydrogen) atoms. The lowest BCUT2D eigenvalue weighted by Gasteiger charge is -2.22. The molecule has 0 aromatic heterocycles. The highest BCUT2D eigenvalue weighted by atomic mass is 32.1. The summed E-state index contributed by atoms with van der Waals surface area (Å²) >= 11 is 5.12. The highest BCUT2D eigenvalue weighted by molar-refractivity contribution is 7.80. The second-order valence-electron chi connectivity index (χ2n) is 4.02. The number of thiocarbonyl (C=S) groups is 1. The van der Waals surface area contributed by atoms with Gasteiger partial charge in [0, 0.05) is 19.2 Å². The molecule has 0 saturated heterocycles. The van der Waals surface area contributed by atoms with E-state index in [1.54, 1.807) is 23.1 Å². The number of amides is 1. The lowest BCUT2D eigenvalue weighted by molar-refractivity contribution is -0.385. The molecule has 0 aliphatic rings. The number of hydrogen-bond donors (Lipinski definition) is 1. The minimum atomic E-state index is -0.620. The van der Waals surface area contributed by atoms with Gasteiger partial charge in [-0.15, -0.1) is 13.2 Å². The second-order valence-corrected chi connectivity index (χ2v) is 4.40. The highest BCUT2D eigenvalue weighted by Gasteiger charge is 2.20. The maximum Gasteiger partial charge on any atom is 0.282 e. The predicted molar refractivity (Wildman–Crippen MR) is 85.1 cm³/mol. The molecular weight excluding hydrogens is 290 g/mol. The van der Waals surface area contributed by atoms with Crippen molar-refractivity contribution in [3.05, 3.63) is 65.3 Å². The second kappa shape index (κ2) is 7.91. The molecular formula is C14H15N3O3S. The van der Waals surface area contributed by atoms with Crippen molar-refractivity contribution in [3.63, 3.8) is 0 Å². The van der Waals surface area contributed by atoms with Crippen molar-refractivity contribution in [3.8, 4) is 0 Å². The number of para-hydroxylation sites is 1. The minimum absolute atomic E-state index is 0.0398. The van der Waals surface area contributed by atoms with Crippen LogP contribution in [0.3, 0.4) is 0 Å². The SMILES string of the molecule is C=CCN(CC=C)C(=S)NC(=O)c1ccccc1[N+](=O)[O-]. The number of benzene rings is 1. The van der Waals surface area contributed by atoms with Crippen LogP contribution < -0.4 is 5.32 Å². The Hall–Kier alpha value is -2.54. The van der Waals surface area contributed by atoms with Crippen LogP contribution in [0.5, 0.6) is 0 Å². The number of hydrogen-bond acceptors (Lipinski definition) is 4. The molecule has 1 rings (SSSR count). The van der Waals surface area contributed by atoms with Gasteiger partial charge in [0.05, 0.1) is 4.92 Å². The molecule has 0 radical (unpaired) electrons. The summed E-state index contributed by atoms with van der Waals surface area (Å²) in [6, 6.07) is 5.69. The maximum atomic E-state index is 12.1. The fraction of sp³-hybridized carbons (Fsp3) is 0.143. The van der Waals surface area contributed by atoms with Crippen molar-refractivity contribution >= 4 is 28.9 Å². The van der Waals surface area contributed by atoms with E-state index in [4.69, 9.17) is 12.2 Å². The van der Waals surface area contributed by atoms with Crippen molar-refractivity contribution < 1.29 is 9.72 Å². The molecule has 110 valence electrons. The molecule has 1 N–H and O–H groups in total. The third kappa shape index (κ3) is 4.50. The van der Waals surface area contributed by atoms with Crippen molar-refractivity contribution in [2.24, 2.45) is 0 Å². The van der Waals surface area contributed by atoms with Crippen LogP contribution in [0, 0.1) is 10.1 Å². The average Bonchev–Trinajstić information content (AvgIpc) is 2.46. The van der Waals surface area contributed by atoms with E-state index in [-0.39, 0.29) is 16.4 Å². The van der Waals surface area contributed by atoms with Gasteiger partial charge in [-0.1, -0.05) is 24.3 Å². The molecule has 6 nitrogen and oxygen atoms in total. The zero-order valence-electron chi connectivity index (χ0n) is 11.3. The van der Waals surface area contributed by atoms with E-state index in [9.17, 15) is 14.9 Å². The summed E-state index contributed by atoms with van der Waals surface area (Å²) in [5.41, 5.74) is -0.307. The summed E-state index contributed by atoms with van der Waals surface area (Å²) in [7, 11) is 0. The molecule has 0 aliphatic carbocycles. The van der Waals surface area contributed by atoms with Crippen LogP contribution in [0.25, 0.3) is 0 Å². The highest BCUT2D eigenvalue weighted by Crippen LogP contribution is 2.17. The number of nitrogens with one attached hydrogen (secondary N) is 1. The van der Waals surface area contributed by atoms with Gasteiger partial charge < -0.3 is 4.90 Å². The first-order valence-electron chi connectivity index (χ1n) is 6.06. The molecule has 1 amide bonds. The monoisotopic (exact) mass is 305 g/mol. The minimum Gasteiger partial charge on any atom is -0.342 e. The number of carbonyl (C=O) groups is 1. The van der Waals surface area contributed by atoms with E-state index < -0.39 is 10.8 Å². The average molecular weight is 305 g/mol. The summed E-state index contributed by atoms with van der Waals surface area (Å²) < 4.78 is 0. The third-order valence-corrected chi connectivity index (χ3v) is 2.91. The van der Waals surface area contributed by atoms with Crippen LogP contribution >= 0.6 is 12.2 Å². The van der Waals surface area contributed by atoms with E-state index in [0.717, 1.165) is 0 Å². The van der Waals surface area contributed by atoms with E-state index in [0.29, 0.717) is 13.1 Å². The molecule has 1 aromatic rings. The lowest BCUT2D eigenvalue weighted by Crippen LogP contribution is -2.42. The smallest absolute Gasteiger partial charge is 0.282 e. The van der Waals surface area contributed by atoms with Crippen LogP contribution in [0.4, 0.5) is 5.69 Å². The van der Waals surface area contributed by atoms with Gasteiger partial charge in [0.25, 0.3) is 11.6 Å². The maximum absolute atomic E-state index is 12.1. The summed E-state index contributed by atoms with van der Waals surface area (Å²) in [6.45, 7) is 8.07. The van der Waals surface area contributed by atoms with Crippen LogP contribution in [0.1, 0.15) is 10.4 Å². The van der Waals surface area contributed by atoms with Crippen LogP contribution in [-0.2, 0) is 0 Å². The van der Waals surface area contributed by atoms with Crippen molar-refractivity contribution in [2.75, 3.05) is 13.1 Å². The first-order valence-corrected chi connectivity index (χ1v) is 6.47. The molecule has 0 spiro atoms. The molecule has 0 aliphatic heterocycles. The zero-order chi connectivity index (χ0) is 15.8. The molecule has 7 heteroatoms. The Labute approximate surface area is 127 Å². The van der Waals surface area contributed by atoms with Crippen molar-refractivity contribution in [1.82, 2.24) is 10.2 Å². The van der Waals surface area contributed by atoms with Crippen LogP contribution in [-0.4, -0.2) is 33.9 Å². The molecule has 1 aromatic carbocycles. The normalized spacial score (nSPS) is 9.52. The van der Waals surface area contributed by atoms with Gasteiger partial charge in [0.2, 0.25) is 0 Å². The van der Waals surface area contributed by atoms with Gasteiger partial charge in [0.1, 0.15) is 5.56 Å². The van der Waals surface area contributed by atoms with Gasteiger partial charge in [-0.3, -0.25) is 20.2 Å². The first-order chi connectivity index (χ1) is 10.0. The molecule has 0 saturated carbocycles. The van der Waals surface area contributed by atoms with Crippen LogP contribution in [0.2, 0.25) is 0 Å². The van der Waals surface area contributed by atoms with E-state index in [1.165, 1.54) is 18.2 Å². The Morgan fingerprint density at radius 2 is 1.90 bits per heavy atom. The standard InChI is InChI=1S/C14H15N3O3S/c1-3-9-16(10-4-2)14(21)15-13(18)11-7-5-6-8-12(11)17(19)20/h3-8H,1-2,9-10H2,(H,15,18,21). The fourth-order valence-electron chi connectivity index (χ4n) is 1.62. The lowest BCUT2D eigenvalue weighted by atomic mass is 10.1. The predicted octanol–water partition coefficient (Wildman–Crippen LogP) is 2.28. The summed E-state index contributed by atoms with van der Waals surface area (Å²) in [5.74, 6) is -0.620. The molecule has 0 heterocycles. The summed E-state index contributed by atoms with van der Waals surface area (Å²) in [5, 5.41) is 13.6. The van der Waals surface area contributed by atoms with E-state index in [2.05, 4.69) is 18.5 Å². The molecule has 0 fully saturated rings. The van der Waals surface area contributed by atoms with Crippen molar-refractivity contribution in [2.45, 2.75) is 0 Å².